The zero-order valence-electron chi connectivity index (χ0n) is 12.7. The molecule has 0 bridgehead atoms. The smallest absolute Gasteiger partial charge is 0.118 e. The maximum absolute atomic E-state index is 5.18. The molecule has 0 N–H and O–H groups in total. The van der Waals surface area contributed by atoms with Crippen molar-refractivity contribution in [2.24, 2.45) is 7.05 Å². The first-order chi connectivity index (χ1) is 9.74. The van der Waals surface area contributed by atoms with Crippen molar-refractivity contribution in [3.63, 3.8) is 0 Å². The molecule has 108 valence electrons. The van der Waals surface area contributed by atoms with E-state index in [1.54, 1.807) is 7.11 Å². The molecule has 3 nitrogen and oxygen atoms in total. The lowest BCUT2D eigenvalue weighted by Gasteiger charge is -2.00. The third kappa shape index (κ3) is 3.62. The van der Waals surface area contributed by atoms with E-state index in [1.807, 2.05) is 23.9 Å². The molecule has 0 atom stereocenters. The van der Waals surface area contributed by atoms with Gasteiger partial charge in [-0.25, -0.2) is 0 Å². The number of aromatic nitrogens is 2. The van der Waals surface area contributed by atoms with Gasteiger partial charge in [0.2, 0.25) is 0 Å². The molecule has 0 saturated carbocycles. The fourth-order valence-electron chi connectivity index (χ4n) is 2.38. The normalized spacial score (nSPS) is 10.8. The van der Waals surface area contributed by atoms with Crippen molar-refractivity contribution in [3.05, 3.63) is 36.0 Å². The minimum atomic E-state index is 0.879. The van der Waals surface area contributed by atoms with Gasteiger partial charge < -0.3 is 4.74 Å². The van der Waals surface area contributed by atoms with Crippen LogP contribution in [0.25, 0.3) is 11.3 Å². The minimum absolute atomic E-state index is 0.879. The number of methoxy groups -OCH3 is 1. The van der Waals surface area contributed by atoms with Gasteiger partial charge in [-0.05, 0) is 43.2 Å². The van der Waals surface area contributed by atoms with Gasteiger partial charge in [-0.15, -0.1) is 0 Å². The second kappa shape index (κ2) is 7.13. The number of hydrogen-bond donors (Lipinski definition) is 0. The van der Waals surface area contributed by atoms with Crippen LogP contribution in [0.1, 0.15) is 38.3 Å². The number of hydrogen-bond acceptors (Lipinski definition) is 2. The lowest BCUT2D eigenvalue weighted by atomic mass is 10.1. The molecule has 2 aromatic rings. The summed E-state index contributed by atoms with van der Waals surface area (Å²) >= 11 is 0. The molecule has 1 aromatic carbocycles. The Kier molecular flexibility index (Phi) is 5.22. The Morgan fingerprint density at radius 1 is 1.10 bits per heavy atom. The topological polar surface area (TPSA) is 27.1 Å². The molecule has 0 fully saturated rings. The van der Waals surface area contributed by atoms with Crippen LogP contribution in [-0.2, 0) is 13.5 Å². The van der Waals surface area contributed by atoms with Crippen LogP contribution in [0.2, 0.25) is 0 Å². The van der Waals surface area contributed by atoms with Crippen LogP contribution < -0.4 is 4.74 Å². The number of ether oxygens (including phenoxy) is 1. The maximum Gasteiger partial charge on any atom is 0.118 e. The summed E-state index contributed by atoms with van der Waals surface area (Å²) in [7, 11) is 3.71. The van der Waals surface area contributed by atoms with Crippen LogP contribution in [-0.4, -0.2) is 16.9 Å². The molecule has 0 spiro atoms. The lowest BCUT2D eigenvalue weighted by molar-refractivity contribution is 0.415. The summed E-state index contributed by atoms with van der Waals surface area (Å²) in [4.78, 5) is 0. The number of unbranched alkanes of at least 4 members (excludes halogenated alkanes) is 3. The second-order valence-electron chi connectivity index (χ2n) is 5.18. The van der Waals surface area contributed by atoms with Gasteiger partial charge in [0.15, 0.2) is 0 Å². The summed E-state index contributed by atoms with van der Waals surface area (Å²) in [5.74, 6) is 0.879. The van der Waals surface area contributed by atoms with Gasteiger partial charge in [-0.3, -0.25) is 4.68 Å². The van der Waals surface area contributed by atoms with E-state index in [-0.39, 0.29) is 0 Å². The Morgan fingerprint density at radius 3 is 2.50 bits per heavy atom. The SMILES string of the molecule is CCCCCCc1cc(-c2ccc(OC)cc2)nn1C. The molecule has 2 rings (SSSR count). The van der Waals surface area contributed by atoms with Crippen LogP contribution in [0, 0.1) is 0 Å². The standard InChI is InChI=1S/C17H24N2O/c1-4-5-6-7-8-15-13-17(18-19(15)2)14-9-11-16(20-3)12-10-14/h9-13H,4-8H2,1-3H3. The number of benzene rings is 1. The van der Waals surface area contributed by atoms with E-state index in [4.69, 9.17) is 4.74 Å². The predicted octanol–water partition coefficient (Wildman–Crippen LogP) is 4.22. The molecule has 0 aliphatic heterocycles. The second-order valence-corrected chi connectivity index (χ2v) is 5.18. The van der Waals surface area contributed by atoms with E-state index in [0.29, 0.717) is 0 Å². The van der Waals surface area contributed by atoms with E-state index in [9.17, 15) is 0 Å². The van der Waals surface area contributed by atoms with Crippen LogP contribution in [0.3, 0.4) is 0 Å². The Labute approximate surface area is 121 Å². The molecular formula is C17H24N2O. The van der Waals surface area contributed by atoms with Gasteiger partial charge in [-0.2, -0.15) is 5.10 Å². The number of nitrogens with zero attached hydrogens (tertiary/aromatic N) is 2. The lowest BCUT2D eigenvalue weighted by Crippen LogP contribution is -1.98. The maximum atomic E-state index is 5.18. The highest BCUT2D eigenvalue weighted by Gasteiger charge is 2.07. The van der Waals surface area contributed by atoms with Crippen LogP contribution in [0.5, 0.6) is 5.75 Å². The van der Waals surface area contributed by atoms with E-state index in [0.717, 1.165) is 23.4 Å². The van der Waals surface area contributed by atoms with Crippen molar-refractivity contribution in [2.75, 3.05) is 7.11 Å². The molecule has 1 heterocycles. The molecule has 0 aliphatic carbocycles. The molecule has 20 heavy (non-hydrogen) atoms. The van der Waals surface area contributed by atoms with Crippen molar-refractivity contribution < 1.29 is 4.74 Å². The number of rotatable bonds is 7. The Bertz CT molecular complexity index is 528. The van der Waals surface area contributed by atoms with Crippen LogP contribution in [0.15, 0.2) is 30.3 Å². The molecule has 3 heteroatoms. The first-order valence-electron chi connectivity index (χ1n) is 7.42. The van der Waals surface area contributed by atoms with Gasteiger partial charge >= 0.3 is 0 Å². The van der Waals surface area contributed by atoms with E-state index in [1.165, 1.54) is 31.4 Å². The third-order valence-electron chi connectivity index (χ3n) is 3.65. The van der Waals surface area contributed by atoms with E-state index >= 15 is 0 Å². The zero-order valence-corrected chi connectivity index (χ0v) is 12.7. The van der Waals surface area contributed by atoms with Crippen LogP contribution in [0.4, 0.5) is 0 Å². The van der Waals surface area contributed by atoms with Crippen molar-refractivity contribution in [3.8, 4) is 17.0 Å². The number of aryl methyl sites for hydroxylation is 2. The first kappa shape index (κ1) is 14.6. The monoisotopic (exact) mass is 272 g/mol. The fraction of sp³-hybridized carbons (Fsp3) is 0.471. The first-order valence-corrected chi connectivity index (χ1v) is 7.42. The highest BCUT2D eigenvalue weighted by Crippen LogP contribution is 2.22. The molecule has 0 amide bonds. The van der Waals surface area contributed by atoms with Crippen molar-refractivity contribution in [1.29, 1.82) is 0 Å². The summed E-state index contributed by atoms with van der Waals surface area (Å²) < 4.78 is 7.19. The third-order valence-corrected chi connectivity index (χ3v) is 3.65. The highest BCUT2D eigenvalue weighted by atomic mass is 16.5. The minimum Gasteiger partial charge on any atom is -0.497 e. The average Bonchev–Trinajstić information content (AvgIpc) is 2.85. The van der Waals surface area contributed by atoms with Crippen molar-refractivity contribution in [1.82, 2.24) is 9.78 Å². The summed E-state index contributed by atoms with van der Waals surface area (Å²) in [6.45, 7) is 2.24. The summed E-state index contributed by atoms with van der Waals surface area (Å²) in [5, 5.41) is 4.61. The Balaban J connectivity index is 2.05. The quantitative estimate of drug-likeness (QED) is 0.706. The highest BCUT2D eigenvalue weighted by molar-refractivity contribution is 5.60. The van der Waals surface area contributed by atoms with Gasteiger partial charge in [-0.1, -0.05) is 26.2 Å². The predicted molar refractivity (Wildman–Crippen MR) is 83.0 cm³/mol. The van der Waals surface area contributed by atoms with Gasteiger partial charge in [0, 0.05) is 18.3 Å². The Hall–Kier alpha value is -1.77. The van der Waals surface area contributed by atoms with Gasteiger partial charge in [0.1, 0.15) is 5.75 Å². The largest absolute Gasteiger partial charge is 0.497 e. The zero-order chi connectivity index (χ0) is 14.4. The van der Waals surface area contributed by atoms with E-state index < -0.39 is 0 Å². The summed E-state index contributed by atoms with van der Waals surface area (Å²) in [6.07, 6.45) is 6.26. The summed E-state index contributed by atoms with van der Waals surface area (Å²) in [6, 6.07) is 10.3. The molecule has 1 aromatic heterocycles. The van der Waals surface area contributed by atoms with Crippen molar-refractivity contribution >= 4 is 0 Å². The van der Waals surface area contributed by atoms with Crippen molar-refractivity contribution in [2.45, 2.75) is 39.0 Å². The van der Waals surface area contributed by atoms with Gasteiger partial charge in [0.05, 0.1) is 12.8 Å². The fourth-order valence-corrected chi connectivity index (χ4v) is 2.38. The molecule has 0 saturated heterocycles. The van der Waals surface area contributed by atoms with E-state index in [2.05, 4.69) is 30.2 Å². The molecule has 0 unspecified atom stereocenters. The Morgan fingerprint density at radius 2 is 1.85 bits per heavy atom. The molecular weight excluding hydrogens is 248 g/mol. The van der Waals surface area contributed by atoms with Crippen LogP contribution >= 0.6 is 0 Å². The average molecular weight is 272 g/mol. The molecule has 0 aliphatic rings. The molecule has 0 radical (unpaired) electrons. The summed E-state index contributed by atoms with van der Waals surface area (Å²) in [5.41, 5.74) is 3.49. The van der Waals surface area contributed by atoms with Gasteiger partial charge in [0.25, 0.3) is 0 Å².